The van der Waals surface area contributed by atoms with Crippen LogP contribution in [0.2, 0.25) is 0 Å². The summed E-state index contributed by atoms with van der Waals surface area (Å²) in [5.41, 5.74) is 4.94. The lowest BCUT2D eigenvalue weighted by molar-refractivity contribution is -0.121. The van der Waals surface area contributed by atoms with E-state index < -0.39 is 15.9 Å². The molecule has 0 heterocycles. The molecular weight excluding hydrogens is 478 g/mol. The van der Waals surface area contributed by atoms with Gasteiger partial charge in [-0.3, -0.25) is 4.79 Å². The highest BCUT2D eigenvalue weighted by molar-refractivity contribution is 9.10. The van der Waals surface area contributed by atoms with Gasteiger partial charge in [0.25, 0.3) is 5.91 Å². The second-order valence-corrected chi connectivity index (χ2v) is 9.77. The molecule has 0 aliphatic rings. The predicted molar refractivity (Wildman–Crippen MR) is 125 cm³/mol. The zero-order valence-corrected chi connectivity index (χ0v) is 19.3. The van der Waals surface area contributed by atoms with Crippen LogP contribution in [-0.4, -0.2) is 31.4 Å². The molecule has 1 amide bonds. The SMILES string of the molecule is Cc1ccc(S(=O)(=O)N(CC(=O)N/N=C\c2cccc(Br)c2)Cc2ccccc2)cc1. The van der Waals surface area contributed by atoms with Gasteiger partial charge in [0, 0.05) is 11.0 Å². The summed E-state index contributed by atoms with van der Waals surface area (Å²) >= 11 is 3.37. The van der Waals surface area contributed by atoms with Crippen molar-refractivity contribution < 1.29 is 13.2 Å². The molecule has 8 heteroatoms. The molecule has 0 atom stereocenters. The molecule has 0 unspecified atom stereocenters. The summed E-state index contributed by atoms with van der Waals surface area (Å²) in [7, 11) is -3.88. The number of carbonyl (C=O) groups is 1. The van der Waals surface area contributed by atoms with Crippen molar-refractivity contribution in [3.05, 3.63) is 100 Å². The Hall–Kier alpha value is -2.81. The van der Waals surface area contributed by atoms with Gasteiger partial charge in [-0.25, -0.2) is 13.8 Å². The van der Waals surface area contributed by atoms with Gasteiger partial charge in [-0.2, -0.15) is 9.41 Å². The fourth-order valence-corrected chi connectivity index (χ4v) is 4.63. The van der Waals surface area contributed by atoms with Crippen LogP contribution < -0.4 is 5.43 Å². The van der Waals surface area contributed by atoms with Crippen molar-refractivity contribution in [2.45, 2.75) is 18.4 Å². The van der Waals surface area contributed by atoms with Gasteiger partial charge >= 0.3 is 0 Å². The molecule has 0 bridgehead atoms. The summed E-state index contributed by atoms with van der Waals surface area (Å²) in [5.74, 6) is -0.530. The van der Waals surface area contributed by atoms with E-state index in [9.17, 15) is 13.2 Å². The normalized spacial score (nSPS) is 11.7. The van der Waals surface area contributed by atoms with Crippen LogP contribution in [0.15, 0.2) is 93.3 Å². The van der Waals surface area contributed by atoms with E-state index in [0.717, 1.165) is 25.5 Å². The van der Waals surface area contributed by atoms with Crippen molar-refractivity contribution in [1.82, 2.24) is 9.73 Å². The number of hydrogen-bond donors (Lipinski definition) is 1. The summed E-state index contributed by atoms with van der Waals surface area (Å²) in [4.78, 5) is 12.6. The fraction of sp³-hybridized carbons (Fsp3) is 0.130. The van der Waals surface area contributed by atoms with Crippen LogP contribution in [0.5, 0.6) is 0 Å². The predicted octanol–water partition coefficient (Wildman–Crippen LogP) is 4.10. The lowest BCUT2D eigenvalue weighted by Crippen LogP contribution is -2.39. The standard InChI is InChI=1S/C23H22BrN3O3S/c1-18-10-12-22(13-11-18)31(29,30)27(16-19-6-3-2-4-7-19)17-23(28)26-25-15-20-8-5-9-21(24)14-20/h2-15H,16-17H2,1H3,(H,26,28)/b25-15-. The van der Waals surface area contributed by atoms with E-state index in [4.69, 9.17) is 0 Å². The molecule has 0 spiro atoms. The number of aryl methyl sites for hydroxylation is 1. The van der Waals surface area contributed by atoms with Gasteiger partial charge < -0.3 is 0 Å². The van der Waals surface area contributed by atoms with Gasteiger partial charge in [0.1, 0.15) is 0 Å². The van der Waals surface area contributed by atoms with Gasteiger partial charge in [-0.1, -0.05) is 76.1 Å². The molecule has 6 nitrogen and oxygen atoms in total. The summed E-state index contributed by atoms with van der Waals surface area (Å²) in [6.07, 6.45) is 1.50. The van der Waals surface area contributed by atoms with Crippen LogP contribution in [0.25, 0.3) is 0 Å². The fourth-order valence-electron chi connectivity index (χ4n) is 2.83. The highest BCUT2D eigenvalue weighted by Crippen LogP contribution is 2.19. The molecule has 3 rings (SSSR count). The third-order valence-corrected chi connectivity index (χ3v) is 6.73. The average molecular weight is 500 g/mol. The minimum Gasteiger partial charge on any atom is -0.272 e. The zero-order chi connectivity index (χ0) is 22.3. The van der Waals surface area contributed by atoms with Crippen LogP contribution in [0, 0.1) is 6.92 Å². The van der Waals surface area contributed by atoms with E-state index in [1.165, 1.54) is 6.21 Å². The first kappa shape index (κ1) is 22.9. The molecule has 3 aromatic carbocycles. The molecule has 0 aliphatic heterocycles. The van der Waals surface area contributed by atoms with E-state index in [-0.39, 0.29) is 18.0 Å². The lowest BCUT2D eigenvalue weighted by Gasteiger charge is -2.21. The Morgan fingerprint density at radius 1 is 1.03 bits per heavy atom. The Morgan fingerprint density at radius 3 is 2.42 bits per heavy atom. The van der Waals surface area contributed by atoms with E-state index in [0.29, 0.717) is 0 Å². The maximum atomic E-state index is 13.2. The summed E-state index contributed by atoms with van der Waals surface area (Å²) in [6.45, 7) is 1.59. The summed E-state index contributed by atoms with van der Waals surface area (Å²) in [6, 6.07) is 23.1. The molecule has 1 N–H and O–H groups in total. The van der Waals surface area contributed by atoms with Gasteiger partial charge in [0.2, 0.25) is 10.0 Å². The van der Waals surface area contributed by atoms with Gasteiger partial charge in [0.15, 0.2) is 0 Å². The average Bonchev–Trinajstić information content (AvgIpc) is 2.74. The maximum absolute atomic E-state index is 13.2. The highest BCUT2D eigenvalue weighted by atomic mass is 79.9. The first-order valence-corrected chi connectivity index (χ1v) is 11.8. The van der Waals surface area contributed by atoms with Crippen molar-refractivity contribution in [3.63, 3.8) is 0 Å². The monoisotopic (exact) mass is 499 g/mol. The number of hydrazone groups is 1. The first-order valence-electron chi connectivity index (χ1n) is 9.53. The smallest absolute Gasteiger partial charge is 0.255 e. The number of halogens is 1. The maximum Gasteiger partial charge on any atom is 0.255 e. The molecule has 0 saturated heterocycles. The first-order chi connectivity index (χ1) is 14.8. The Balaban J connectivity index is 1.77. The third kappa shape index (κ3) is 6.58. The van der Waals surface area contributed by atoms with Crippen molar-refractivity contribution in [2.24, 2.45) is 5.10 Å². The summed E-state index contributed by atoms with van der Waals surface area (Å²) < 4.78 is 28.5. The number of rotatable bonds is 8. The molecule has 0 fully saturated rings. The number of carbonyl (C=O) groups excluding carboxylic acids is 1. The number of amides is 1. The zero-order valence-electron chi connectivity index (χ0n) is 16.9. The molecule has 0 saturated carbocycles. The second-order valence-electron chi connectivity index (χ2n) is 6.92. The third-order valence-electron chi connectivity index (χ3n) is 4.43. The van der Waals surface area contributed by atoms with Crippen LogP contribution in [0.4, 0.5) is 0 Å². The largest absolute Gasteiger partial charge is 0.272 e. The number of hydrogen-bond acceptors (Lipinski definition) is 4. The molecule has 3 aromatic rings. The number of sulfonamides is 1. The van der Waals surface area contributed by atoms with E-state index in [2.05, 4.69) is 26.5 Å². The van der Waals surface area contributed by atoms with E-state index in [1.807, 2.05) is 61.5 Å². The second kappa shape index (κ2) is 10.5. The van der Waals surface area contributed by atoms with Crippen LogP contribution >= 0.6 is 15.9 Å². The Morgan fingerprint density at radius 2 is 1.74 bits per heavy atom. The van der Waals surface area contributed by atoms with Crippen molar-refractivity contribution >= 4 is 38.1 Å². The lowest BCUT2D eigenvalue weighted by atomic mass is 10.2. The molecule has 160 valence electrons. The van der Waals surface area contributed by atoms with E-state index in [1.54, 1.807) is 24.3 Å². The van der Waals surface area contributed by atoms with Crippen molar-refractivity contribution in [2.75, 3.05) is 6.54 Å². The summed E-state index contributed by atoms with van der Waals surface area (Å²) in [5, 5.41) is 3.94. The van der Waals surface area contributed by atoms with Crippen LogP contribution in [0.1, 0.15) is 16.7 Å². The Kier molecular flexibility index (Phi) is 7.73. The minimum atomic E-state index is -3.88. The Labute approximate surface area is 190 Å². The molecule has 0 aliphatic carbocycles. The van der Waals surface area contributed by atoms with Crippen LogP contribution in [0.3, 0.4) is 0 Å². The Bertz CT molecular complexity index is 1160. The van der Waals surface area contributed by atoms with Crippen molar-refractivity contribution in [3.8, 4) is 0 Å². The molecule has 31 heavy (non-hydrogen) atoms. The quantitative estimate of drug-likeness (QED) is 0.374. The van der Waals surface area contributed by atoms with Crippen LogP contribution in [-0.2, 0) is 21.4 Å². The van der Waals surface area contributed by atoms with Gasteiger partial charge in [0.05, 0.1) is 17.7 Å². The van der Waals surface area contributed by atoms with Gasteiger partial charge in [-0.15, -0.1) is 0 Å². The number of nitrogens with zero attached hydrogens (tertiary/aromatic N) is 2. The molecule has 0 aromatic heterocycles. The van der Waals surface area contributed by atoms with E-state index >= 15 is 0 Å². The molecule has 0 radical (unpaired) electrons. The highest BCUT2D eigenvalue weighted by Gasteiger charge is 2.26. The van der Waals surface area contributed by atoms with Gasteiger partial charge in [-0.05, 0) is 42.3 Å². The number of benzene rings is 3. The molecular formula is C23H22BrN3O3S. The minimum absolute atomic E-state index is 0.0693. The topological polar surface area (TPSA) is 78.8 Å². The number of nitrogens with one attached hydrogen (secondary N) is 1. The van der Waals surface area contributed by atoms with Crippen molar-refractivity contribution in [1.29, 1.82) is 0 Å².